The molecule has 0 aromatic carbocycles. The first-order chi connectivity index (χ1) is 8.70. The summed E-state index contributed by atoms with van der Waals surface area (Å²) in [5.74, 6) is 0.453. The summed E-state index contributed by atoms with van der Waals surface area (Å²) in [6, 6.07) is 0.333. The van der Waals surface area contributed by atoms with Crippen LogP contribution in [0, 0.1) is 0 Å². The molecule has 96 valence electrons. The highest BCUT2D eigenvalue weighted by Crippen LogP contribution is 2.33. The smallest absolute Gasteiger partial charge is 0.293 e. The van der Waals surface area contributed by atoms with E-state index in [4.69, 9.17) is 0 Å². The normalized spacial score (nSPS) is 19.7. The number of hydrogen-bond donors (Lipinski definition) is 0. The van der Waals surface area contributed by atoms with Gasteiger partial charge in [0.1, 0.15) is 6.54 Å². The number of hydrogen-bond acceptors (Lipinski definition) is 4. The van der Waals surface area contributed by atoms with E-state index in [1.807, 2.05) is 6.92 Å². The minimum Gasteiger partial charge on any atom is -0.325 e. The van der Waals surface area contributed by atoms with E-state index in [2.05, 4.69) is 4.98 Å². The van der Waals surface area contributed by atoms with Crippen molar-refractivity contribution in [2.75, 3.05) is 24.7 Å². The fraction of sp³-hybridized carbons (Fsp3) is 0.583. The molecule has 0 bridgehead atoms. The third-order valence-corrected chi connectivity index (χ3v) is 3.49. The Morgan fingerprint density at radius 1 is 1.39 bits per heavy atom. The van der Waals surface area contributed by atoms with Crippen LogP contribution in [0.3, 0.4) is 0 Å². The summed E-state index contributed by atoms with van der Waals surface area (Å²) in [5, 5.41) is 0. The fourth-order valence-electron chi connectivity index (χ4n) is 2.29. The first-order valence-electron chi connectivity index (χ1n) is 6.30. The van der Waals surface area contributed by atoms with Crippen LogP contribution in [-0.2, 0) is 4.79 Å². The molecule has 1 aromatic heterocycles. The number of carbonyl (C=O) groups is 1. The van der Waals surface area contributed by atoms with Gasteiger partial charge in [0.25, 0.3) is 5.56 Å². The maximum absolute atomic E-state index is 12.3. The van der Waals surface area contributed by atoms with Gasteiger partial charge in [-0.15, -0.1) is 0 Å². The van der Waals surface area contributed by atoms with Crippen molar-refractivity contribution in [3.05, 3.63) is 22.7 Å². The lowest BCUT2D eigenvalue weighted by atomic mass is 10.5. The Morgan fingerprint density at radius 2 is 2.17 bits per heavy atom. The van der Waals surface area contributed by atoms with Gasteiger partial charge in [-0.25, -0.2) is 4.98 Å². The summed E-state index contributed by atoms with van der Waals surface area (Å²) in [4.78, 5) is 31.6. The highest BCUT2D eigenvalue weighted by molar-refractivity contribution is 5.84. The number of likely N-dealkylation sites (N-methyl/N-ethyl adjacent to an activating group) is 1. The van der Waals surface area contributed by atoms with Gasteiger partial charge >= 0.3 is 0 Å². The largest absolute Gasteiger partial charge is 0.325 e. The SMILES string of the molecule is CCN1CN(c2nccn(C3CC3)c2=O)CC1=O. The summed E-state index contributed by atoms with van der Waals surface area (Å²) in [6.45, 7) is 3.32. The van der Waals surface area contributed by atoms with Crippen LogP contribution >= 0.6 is 0 Å². The van der Waals surface area contributed by atoms with Crippen LogP contribution < -0.4 is 10.5 Å². The Hall–Kier alpha value is -1.85. The molecule has 0 N–H and O–H groups in total. The zero-order chi connectivity index (χ0) is 12.7. The summed E-state index contributed by atoms with van der Waals surface area (Å²) in [6.07, 6.45) is 5.50. The van der Waals surface area contributed by atoms with E-state index >= 15 is 0 Å². The second kappa shape index (κ2) is 4.12. The molecule has 0 radical (unpaired) electrons. The maximum Gasteiger partial charge on any atom is 0.293 e. The average Bonchev–Trinajstić information content (AvgIpc) is 3.13. The summed E-state index contributed by atoms with van der Waals surface area (Å²) >= 11 is 0. The highest BCUT2D eigenvalue weighted by atomic mass is 16.2. The van der Waals surface area contributed by atoms with E-state index in [0.717, 1.165) is 12.8 Å². The van der Waals surface area contributed by atoms with E-state index in [0.29, 0.717) is 25.1 Å². The quantitative estimate of drug-likeness (QED) is 0.767. The van der Waals surface area contributed by atoms with E-state index < -0.39 is 0 Å². The molecule has 2 fully saturated rings. The molecular formula is C12H16N4O2. The number of anilines is 1. The van der Waals surface area contributed by atoms with E-state index in [1.54, 1.807) is 26.8 Å². The summed E-state index contributed by atoms with van der Waals surface area (Å²) < 4.78 is 1.74. The summed E-state index contributed by atoms with van der Waals surface area (Å²) in [5.41, 5.74) is -0.0780. The van der Waals surface area contributed by atoms with Crippen molar-refractivity contribution in [1.82, 2.24) is 14.5 Å². The number of nitrogens with zero attached hydrogens (tertiary/aromatic N) is 4. The minimum atomic E-state index is -0.0780. The molecule has 2 heterocycles. The molecule has 0 spiro atoms. The van der Waals surface area contributed by atoms with Crippen molar-refractivity contribution in [3.63, 3.8) is 0 Å². The van der Waals surface area contributed by atoms with Gasteiger partial charge in [-0.1, -0.05) is 0 Å². The Labute approximate surface area is 105 Å². The van der Waals surface area contributed by atoms with Crippen molar-refractivity contribution >= 4 is 11.7 Å². The standard InChI is InChI=1S/C12H16N4O2/c1-2-14-8-15(7-10(14)17)11-12(18)16(6-5-13-11)9-3-4-9/h5-6,9H,2-4,7-8H2,1H3. The maximum atomic E-state index is 12.3. The number of carbonyl (C=O) groups excluding carboxylic acids is 1. The first kappa shape index (κ1) is 11.3. The molecule has 0 atom stereocenters. The molecule has 18 heavy (non-hydrogen) atoms. The number of amides is 1. The molecular weight excluding hydrogens is 232 g/mol. The van der Waals surface area contributed by atoms with Crippen molar-refractivity contribution < 1.29 is 4.79 Å². The van der Waals surface area contributed by atoms with Gasteiger partial charge in [0.05, 0.1) is 6.67 Å². The molecule has 1 aromatic rings. The first-order valence-corrected chi connectivity index (χ1v) is 6.30. The molecule has 1 amide bonds. The lowest BCUT2D eigenvalue weighted by Gasteiger charge is -2.17. The molecule has 2 aliphatic rings. The van der Waals surface area contributed by atoms with E-state index in [-0.39, 0.29) is 18.0 Å². The van der Waals surface area contributed by atoms with Gasteiger partial charge in [-0.2, -0.15) is 0 Å². The molecule has 1 aliphatic heterocycles. The van der Waals surface area contributed by atoms with Crippen LogP contribution in [0.1, 0.15) is 25.8 Å². The molecule has 6 nitrogen and oxygen atoms in total. The monoisotopic (exact) mass is 248 g/mol. The molecule has 0 unspecified atom stereocenters. The lowest BCUT2D eigenvalue weighted by molar-refractivity contribution is -0.126. The second-order valence-corrected chi connectivity index (χ2v) is 4.78. The predicted molar refractivity (Wildman–Crippen MR) is 66.4 cm³/mol. The Morgan fingerprint density at radius 3 is 2.78 bits per heavy atom. The van der Waals surface area contributed by atoms with E-state index in [9.17, 15) is 9.59 Å². The van der Waals surface area contributed by atoms with Gasteiger partial charge in [-0.05, 0) is 19.8 Å². The summed E-state index contributed by atoms with van der Waals surface area (Å²) in [7, 11) is 0. The van der Waals surface area contributed by atoms with Gasteiger partial charge in [-0.3, -0.25) is 9.59 Å². The molecule has 6 heteroatoms. The second-order valence-electron chi connectivity index (χ2n) is 4.78. The topological polar surface area (TPSA) is 58.4 Å². The van der Waals surface area contributed by atoms with Crippen molar-refractivity contribution in [3.8, 4) is 0 Å². The van der Waals surface area contributed by atoms with Gasteiger partial charge in [0.15, 0.2) is 5.82 Å². The van der Waals surface area contributed by atoms with Gasteiger partial charge in [0, 0.05) is 25.0 Å². The molecule has 3 rings (SSSR count). The zero-order valence-electron chi connectivity index (χ0n) is 10.4. The highest BCUT2D eigenvalue weighted by Gasteiger charge is 2.31. The van der Waals surface area contributed by atoms with Crippen LogP contribution in [0.5, 0.6) is 0 Å². The molecule has 1 saturated carbocycles. The van der Waals surface area contributed by atoms with E-state index in [1.165, 1.54) is 0 Å². The van der Waals surface area contributed by atoms with Crippen LogP contribution in [0.25, 0.3) is 0 Å². The molecule has 1 saturated heterocycles. The Kier molecular flexibility index (Phi) is 2.57. The Bertz CT molecular complexity index is 535. The third-order valence-electron chi connectivity index (χ3n) is 3.49. The number of aromatic nitrogens is 2. The zero-order valence-corrected chi connectivity index (χ0v) is 10.4. The predicted octanol–water partition coefficient (Wildman–Crippen LogP) is 0.204. The van der Waals surface area contributed by atoms with Gasteiger partial charge < -0.3 is 14.4 Å². The van der Waals surface area contributed by atoms with Crippen LogP contribution in [0.15, 0.2) is 17.2 Å². The van der Waals surface area contributed by atoms with Crippen LogP contribution in [0.2, 0.25) is 0 Å². The van der Waals surface area contributed by atoms with Crippen molar-refractivity contribution in [2.24, 2.45) is 0 Å². The fourth-order valence-corrected chi connectivity index (χ4v) is 2.29. The lowest BCUT2D eigenvalue weighted by Crippen LogP contribution is -2.33. The number of rotatable bonds is 3. The van der Waals surface area contributed by atoms with Crippen LogP contribution in [0.4, 0.5) is 5.82 Å². The average molecular weight is 248 g/mol. The molecule has 1 aliphatic carbocycles. The minimum absolute atomic E-state index is 0.0560. The van der Waals surface area contributed by atoms with Crippen molar-refractivity contribution in [1.29, 1.82) is 0 Å². The van der Waals surface area contributed by atoms with Gasteiger partial charge in [0.2, 0.25) is 5.91 Å². The third kappa shape index (κ3) is 1.77. The van der Waals surface area contributed by atoms with Crippen molar-refractivity contribution in [2.45, 2.75) is 25.8 Å². The van der Waals surface area contributed by atoms with Crippen LogP contribution in [-0.4, -0.2) is 40.1 Å². The Balaban J connectivity index is 1.91.